The first-order valence-electron chi connectivity index (χ1n) is 4.10. The average molecular weight is 180 g/mol. The van der Waals surface area contributed by atoms with Crippen LogP contribution in [0.4, 0.5) is 0 Å². The molecule has 0 saturated heterocycles. The van der Waals surface area contributed by atoms with Gasteiger partial charge in [0.05, 0.1) is 12.4 Å². The first kappa shape index (κ1) is 8.46. The van der Waals surface area contributed by atoms with E-state index in [-0.39, 0.29) is 5.75 Å². The molecule has 0 amide bonds. The lowest BCUT2D eigenvalue weighted by Gasteiger charge is -2.03. The first-order valence-corrected chi connectivity index (χ1v) is 4.10. The quantitative estimate of drug-likeness (QED) is 0.624. The molecule has 13 heavy (non-hydrogen) atoms. The smallest absolute Gasteiger partial charge is 0.509 e. The summed E-state index contributed by atoms with van der Waals surface area (Å²) in [6, 6.07) is 0. The maximum atomic E-state index is 8.47. The molecule has 1 aromatic heterocycles. The molecule has 1 aromatic rings. The Morgan fingerprint density at radius 3 is 2.38 bits per heavy atom. The van der Waals surface area contributed by atoms with Gasteiger partial charge < -0.3 is 14.7 Å². The highest BCUT2D eigenvalue weighted by Gasteiger charge is 2.26. The molecule has 1 saturated carbocycles. The molecule has 0 aromatic carbocycles. The molecule has 2 rings (SSSR count). The second-order valence-electron chi connectivity index (χ2n) is 3.00. The summed E-state index contributed by atoms with van der Waals surface area (Å²) in [6.45, 7) is 0. The van der Waals surface area contributed by atoms with Gasteiger partial charge in [0.2, 0.25) is 0 Å². The number of rotatable bonds is 3. The maximum Gasteiger partial charge on any atom is 0.707 e. The van der Waals surface area contributed by atoms with Crippen LogP contribution < -0.4 is 4.65 Å². The normalized spacial score (nSPS) is 15.5. The molecule has 0 unspecified atom stereocenters. The van der Waals surface area contributed by atoms with Gasteiger partial charge in [-0.2, -0.15) is 0 Å². The summed E-state index contributed by atoms with van der Waals surface area (Å²) in [5.41, 5.74) is 0. The molecule has 1 aliphatic carbocycles. The fourth-order valence-electron chi connectivity index (χ4n) is 1.06. The highest BCUT2D eigenvalue weighted by Crippen LogP contribution is 2.37. The van der Waals surface area contributed by atoms with Gasteiger partial charge in [-0.15, -0.1) is 0 Å². The fourth-order valence-corrected chi connectivity index (χ4v) is 1.06. The van der Waals surface area contributed by atoms with Gasteiger partial charge in [0.1, 0.15) is 11.6 Å². The fraction of sp³-hybridized carbons (Fsp3) is 0.429. The van der Waals surface area contributed by atoms with Crippen molar-refractivity contribution in [3.8, 4) is 5.75 Å². The zero-order chi connectivity index (χ0) is 9.26. The predicted octanol–water partition coefficient (Wildman–Crippen LogP) is -0.298. The second kappa shape index (κ2) is 3.31. The molecule has 0 radical (unpaired) electrons. The molecule has 1 aliphatic rings. The lowest BCUT2D eigenvalue weighted by Crippen LogP contribution is -2.20. The van der Waals surface area contributed by atoms with Gasteiger partial charge in [-0.05, 0) is 12.8 Å². The van der Waals surface area contributed by atoms with E-state index >= 15 is 0 Å². The molecule has 0 atom stereocenters. The predicted molar refractivity (Wildman–Crippen MR) is 44.8 cm³/mol. The van der Waals surface area contributed by atoms with Gasteiger partial charge in [0.15, 0.2) is 0 Å². The van der Waals surface area contributed by atoms with Crippen molar-refractivity contribution in [2.45, 2.75) is 18.8 Å². The van der Waals surface area contributed by atoms with Crippen molar-refractivity contribution < 1.29 is 14.7 Å². The van der Waals surface area contributed by atoms with E-state index < -0.39 is 7.32 Å². The minimum Gasteiger partial charge on any atom is -0.509 e. The second-order valence-corrected chi connectivity index (χ2v) is 3.00. The van der Waals surface area contributed by atoms with E-state index in [1.165, 1.54) is 12.4 Å². The van der Waals surface area contributed by atoms with Crippen LogP contribution in [0.5, 0.6) is 5.75 Å². The minimum atomic E-state index is -1.81. The van der Waals surface area contributed by atoms with E-state index in [0.717, 1.165) is 18.7 Å². The van der Waals surface area contributed by atoms with Crippen LogP contribution >= 0.6 is 0 Å². The van der Waals surface area contributed by atoms with Crippen LogP contribution in [0.3, 0.4) is 0 Å². The van der Waals surface area contributed by atoms with E-state index in [2.05, 4.69) is 14.6 Å². The molecule has 2 N–H and O–H groups in total. The van der Waals surface area contributed by atoms with Crippen LogP contribution in [0.15, 0.2) is 12.4 Å². The standard InChI is InChI=1S/C7H9BN2O3/c11-8(12)13-6-3-9-7(10-4-6)5-1-2-5/h3-5,11-12H,1-2H2. The van der Waals surface area contributed by atoms with Crippen molar-refractivity contribution in [3.63, 3.8) is 0 Å². The first-order chi connectivity index (χ1) is 6.25. The van der Waals surface area contributed by atoms with Crippen LogP contribution in [0.1, 0.15) is 24.6 Å². The van der Waals surface area contributed by atoms with E-state index in [1.807, 2.05) is 0 Å². The Bertz CT molecular complexity index is 286. The molecule has 0 spiro atoms. The summed E-state index contributed by atoms with van der Waals surface area (Å²) >= 11 is 0. The Labute approximate surface area is 75.6 Å². The molecule has 5 nitrogen and oxygen atoms in total. The van der Waals surface area contributed by atoms with Crippen molar-refractivity contribution in [2.24, 2.45) is 0 Å². The largest absolute Gasteiger partial charge is 0.707 e. The van der Waals surface area contributed by atoms with E-state index in [0.29, 0.717) is 5.92 Å². The van der Waals surface area contributed by atoms with Crippen molar-refractivity contribution >= 4 is 7.32 Å². The van der Waals surface area contributed by atoms with Crippen molar-refractivity contribution in [1.29, 1.82) is 0 Å². The molecule has 0 aliphatic heterocycles. The summed E-state index contributed by atoms with van der Waals surface area (Å²) in [5, 5.41) is 16.9. The molecule has 0 bridgehead atoms. The Balaban J connectivity index is 2.04. The Morgan fingerprint density at radius 2 is 1.92 bits per heavy atom. The maximum absolute atomic E-state index is 8.47. The minimum absolute atomic E-state index is 0.263. The third-order valence-electron chi connectivity index (χ3n) is 1.83. The highest BCUT2D eigenvalue weighted by atomic mass is 16.6. The number of hydrogen-bond donors (Lipinski definition) is 2. The van der Waals surface area contributed by atoms with Gasteiger partial charge in [-0.1, -0.05) is 0 Å². The molecular formula is C7H9BN2O3. The average Bonchev–Trinajstić information content (AvgIpc) is 2.87. The summed E-state index contributed by atoms with van der Waals surface area (Å²) in [5.74, 6) is 1.56. The lowest BCUT2D eigenvalue weighted by atomic mass is 10.2. The zero-order valence-electron chi connectivity index (χ0n) is 6.92. The Morgan fingerprint density at radius 1 is 1.31 bits per heavy atom. The van der Waals surface area contributed by atoms with Gasteiger partial charge in [-0.25, -0.2) is 9.97 Å². The molecule has 1 fully saturated rings. The summed E-state index contributed by atoms with van der Waals surface area (Å²) < 4.78 is 4.56. The Hall–Kier alpha value is -1.14. The van der Waals surface area contributed by atoms with Crippen LogP contribution in [0.25, 0.3) is 0 Å². The topological polar surface area (TPSA) is 75.5 Å². The van der Waals surface area contributed by atoms with Crippen LogP contribution in [-0.2, 0) is 0 Å². The van der Waals surface area contributed by atoms with Crippen molar-refractivity contribution in [1.82, 2.24) is 9.97 Å². The van der Waals surface area contributed by atoms with Crippen LogP contribution in [0.2, 0.25) is 0 Å². The number of hydrogen-bond acceptors (Lipinski definition) is 5. The van der Waals surface area contributed by atoms with Crippen LogP contribution in [-0.4, -0.2) is 27.3 Å². The monoisotopic (exact) mass is 180 g/mol. The van der Waals surface area contributed by atoms with E-state index in [4.69, 9.17) is 10.0 Å². The summed E-state index contributed by atoms with van der Waals surface area (Å²) in [7, 11) is -1.81. The summed E-state index contributed by atoms with van der Waals surface area (Å²) in [4.78, 5) is 8.07. The molecule has 68 valence electrons. The zero-order valence-corrected chi connectivity index (χ0v) is 6.92. The number of nitrogens with zero attached hydrogens (tertiary/aromatic N) is 2. The number of aromatic nitrogens is 2. The summed E-state index contributed by atoms with van der Waals surface area (Å²) in [6.07, 6.45) is 5.17. The van der Waals surface area contributed by atoms with Crippen molar-refractivity contribution in [2.75, 3.05) is 0 Å². The van der Waals surface area contributed by atoms with Gasteiger partial charge >= 0.3 is 7.32 Å². The third kappa shape index (κ3) is 2.16. The molecule has 6 heteroatoms. The van der Waals surface area contributed by atoms with E-state index in [9.17, 15) is 0 Å². The van der Waals surface area contributed by atoms with Gasteiger partial charge in [0, 0.05) is 5.92 Å². The Kier molecular flexibility index (Phi) is 2.16. The molecule has 1 heterocycles. The highest BCUT2D eigenvalue weighted by molar-refractivity contribution is 6.33. The van der Waals surface area contributed by atoms with E-state index in [1.54, 1.807) is 0 Å². The molecular weight excluding hydrogens is 171 g/mol. The van der Waals surface area contributed by atoms with Crippen LogP contribution in [0, 0.1) is 0 Å². The van der Waals surface area contributed by atoms with Gasteiger partial charge in [0.25, 0.3) is 0 Å². The van der Waals surface area contributed by atoms with Gasteiger partial charge in [-0.3, -0.25) is 0 Å². The third-order valence-corrected chi connectivity index (χ3v) is 1.83. The van der Waals surface area contributed by atoms with Crippen molar-refractivity contribution in [3.05, 3.63) is 18.2 Å². The lowest BCUT2D eigenvalue weighted by molar-refractivity contribution is 0.287. The SMILES string of the molecule is OB(O)Oc1cnc(C2CC2)nc1.